The van der Waals surface area contributed by atoms with E-state index in [2.05, 4.69) is 10.6 Å². The van der Waals surface area contributed by atoms with Gasteiger partial charge in [0.1, 0.15) is 17.4 Å². The topological polar surface area (TPSA) is 71.3 Å². The zero-order valence-electron chi connectivity index (χ0n) is 12.3. The van der Waals surface area contributed by atoms with Crippen molar-refractivity contribution in [1.82, 2.24) is 10.6 Å². The molecule has 2 aromatic rings. The quantitative estimate of drug-likeness (QED) is 0.854. The molecule has 2 rings (SSSR count). The molecule has 2 N–H and O–H groups in total. The maximum absolute atomic E-state index is 13.6. The van der Waals surface area contributed by atoms with Gasteiger partial charge in [0.15, 0.2) is 0 Å². The molecule has 2 amide bonds. The molecule has 0 spiro atoms. The first-order valence-corrected chi connectivity index (χ1v) is 8.14. The Bertz CT molecular complexity index is 686. The largest absolute Gasteiger partial charge is 0.464 e. The van der Waals surface area contributed by atoms with E-state index in [-0.39, 0.29) is 11.5 Å². The van der Waals surface area contributed by atoms with Gasteiger partial charge in [-0.2, -0.15) is 11.8 Å². The third-order valence-electron chi connectivity index (χ3n) is 3.24. The Morgan fingerprint density at radius 2 is 2.18 bits per heavy atom. The highest BCUT2D eigenvalue weighted by Crippen LogP contribution is 2.22. The van der Waals surface area contributed by atoms with E-state index in [0.29, 0.717) is 17.4 Å². The average molecular weight is 324 g/mol. The van der Waals surface area contributed by atoms with Crippen LogP contribution in [0, 0.1) is 5.82 Å². The SMILES string of the molecule is CNC(=O)[C@H](CCSC)NC(=O)c1cc(F)cc2ccoc12. The number of likely N-dealkylation sites (N-methyl/N-ethyl adjacent to an activating group) is 1. The van der Waals surface area contributed by atoms with E-state index < -0.39 is 17.8 Å². The number of halogens is 1. The number of hydrogen-bond acceptors (Lipinski definition) is 4. The molecule has 0 aliphatic rings. The van der Waals surface area contributed by atoms with Crippen LogP contribution in [0.1, 0.15) is 16.8 Å². The lowest BCUT2D eigenvalue weighted by molar-refractivity contribution is -0.122. The fourth-order valence-electron chi connectivity index (χ4n) is 2.13. The van der Waals surface area contributed by atoms with Crippen LogP contribution >= 0.6 is 11.8 Å². The number of carbonyl (C=O) groups is 2. The normalized spacial score (nSPS) is 12.1. The second kappa shape index (κ2) is 7.31. The van der Waals surface area contributed by atoms with Gasteiger partial charge in [-0.3, -0.25) is 9.59 Å². The van der Waals surface area contributed by atoms with Gasteiger partial charge in [-0.15, -0.1) is 0 Å². The monoisotopic (exact) mass is 324 g/mol. The maximum atomic E-state index is 13.6. The molecule has 1 aromatic heterocycles. The molecule has 118 valence electrons. The van der Waals surface area contributed by atoms with E-state index in [0.717, 1.165) is 11.8 Å². The minimum Gasteiger partial charge on any atom is -0.464 e. The summed E-state index contributed by atoms with van der Waals surface area (Å²) < 4.78 is 18.8. The highest BCUT2D eigenvalue weighted by Gasteiger charge is 2.22. The Labute approximate surface area is 131 Å². The fraction of sp³-hybridized carbons (Fsp3) is 0.333. The summed E-state index contributed by atoms with van der Waals surface area (Å²) >= 11 is 1.58. The lowest BCUT2D eigenvalue weighted by Gasteiger charge is -2.17. The van der Waals surface area contributed by atoms with E-state index >= 15 is 0 Å². The zero-order valence-corrected chi connectivity index (χ0v) is 13.1. The van der Waals surface area contributed by atoms with Crippen LogP contribution in [-0.4, -0.2) is 36.9 Å². The summed E-state index contributed by atoms with van der Waals surface area (Å²) in [5.41, 5.74) is 0.387. The molecule has 5 nitrogen and oxygen atoms in total. The van der Waals surface area contributed by atoms with E-state index in [1.165, 1.54) is 19.4 Å². The molecule has 22 heavy (non-hydrogen) atoms. The lowest BCUT2D eigenvalue weighted by atomic mass is 10.1. The van der Waals surface area contributed by atoms with Crippen molar-refractivity contribution in [3.05, 3.63) is 35.8 Å². The van der Waals surface area contributed by atoms with Gasteiger partial charge < -0.3 is 15.1 Å². The molecular weight excluding hydrogens is 307 g/mol. The first-order valence-electron chi connectivity index (χ1n) is 6.75. The minimum absolute atomic E-state index is 0.0815. The summed E-state index contributed by atoms with van der Waals surface area (Å²) in [4.78, 5) is 24.2. The molecule has 0 fully saturated rings. The van der Waals surface area contributed by atoms with Crippen molar-refractivity contribution in [3.8, 4) is 0 Å². The van der Waals surface area contributed by atoms with Crippen LogP contribution in [0.4, 0.5) is 4.39 Å². The Morgan fingerprint density at radius 3 is 2.86 bits per heavy atom. The molecule has 0 unspecified atom stereocenters. The van der Waals surface area contributed by atoms with Gasteiger partial charge in [0, 0.05) is 12.4 Å². The number of carbonyl (C=O) groups excluding carboxylic acids is 2. The van der Waals surface area contributed by atoms with Crippen LogP contribution in [0.15, 0.2) is 28.9 Å². The number of thioether (sulfide) groups is 1. The summed E-state index contributed by atoms with van der Waals surface area (Å²) in [5.74, 6) is -0.624. The Kier molecular flexibility index (Phi) is 5.43. The van der Waals surface area contributed by atoms with E-state index in [1.54, 1.807) is 17.8 Å². The highest BCUT2D eigenvalue weighted by molar-refractivity contribution is 7.98. The van der Waals surface area contributed by atoms with Crippen LogP contribution in [-0.2, 0) is 4.79 Å². The molecule has 0 saturated heterocycles. The second-order valence-electron chi connectivity index (χ2n) is 4.71. The Balaban J connectivity index is 2.24. The number of benzene rings is 1. The smallest absolute Gasteiger partial charge is 0.255 e. The van der Waals surface area contributed by atoms with Crippen LogP contribution in [0.2, 0.25) is 0 Å². The third kappa shape index (κ3) is 3.59. The number of fused-ring (bicyclic) bond motifs is 1. The molecule has 1 aromatic carbocycles. The molecular formula is C15H17FN2O3S. The predicted molar refractivity (Wildman–Crippen MR) is 84.5 cm³/mol. The van der Waals surface area contributed by atoms with Crippen molar-refractivity contribution >= 4 is 34.5 Å². The molecule has 1 atom stereocenters. The maximum Gasteiger partial charge on any atom is 0.255 e. The summed E-state index contributed by atoms with van der Waals surface area (Å²) in [5, 5.41) is 5.66. The van der Waals surface area contributed by atoms with Gasteiger partial charge in [0.05, 0.1) is 11.8 Å². The number of rotatable bonds is 6. The summed E-state index contributed by atoms with van der Waals surface area (Å²) in [7, 11) is 1.51. The van der Waals surface area contributed by atoms with Crippen molar-refractivity contribution in [2.45, 2.75) is 12.5 Å². The predicted octanol–water partition coefficient (Wildman–Crippen LogP) is 2.17. The first kappa shape index (κ1) is 16.4. The summed E-state index contributed by atoms with van der Waals surface area (Å²) in [6.07, 6.45) is 3.80. The summed E-state index contributed by atoms with van der Waals surface area (Å²) in [6, 6.07) is 3.31. The number of furan rings is 1. The Morgan fingerprint density at radius 1 is 1.41 bits per heavy atom. The van der Waals surface area contributed by atoms with Gasteiger partial charge in [-0.1, -0.05) is 0 Å². The summed E-state index contributed by atoms with van der Waals surface area (Å²) in [6.45, 7) is 0. The van der Waals surface area contributed by atoms with Gasteiger partial charge in [-0.25, -0.2) is 4.39 Å². The first-order chi connectivity index (χ1) is 10.6. The molecule has 0 bridgehead atoms. The van der Waals surface area contributed by atoms with Gasteiger partial charge in [0.2, 0.25) is 5.91 Å². The fourth-order valence-corrected chi connectivity index (χ4v) is 2.60. The third-order valence-corrected chi connectivity index (χ3v) is 3.88. The van der Waals surface area contributed by atoms with Crippen molar-refractivity contribution in [2.24, 2.45) is 0 Å². The van der Waals surface area contributed by atoms with Crippen LogP contribution in [0.25, 0.3) is 11.0 Å². The van der Waals surface area contributed by atoms with Gasteiger partial charge in [-0.05, 0) is 36.6 Å². The van der Waals surface area contributed by atoms with E-state index in [1.807, 2.05) is 6.26 Å². The molecule has 0 aliphatic carbocycles. The van der Waals surface area contributed by atoms with E-state index in [9.17, 15) is 14.0 Å². The number of hydrogen-bond donors (Lipinski definition) is 2. The molecule has 0 saturated carbocycles. The van der Waals surface area contributed by atoms with Crippen molar-refractivity contribution in [3.63, 3.8) is 0 Å². The van der Waals surface area contributed by atoms with Crippen molar-refractivity contribution in [1.29, 1.82) is 0 Å². The molecule has 0 radical (unpaired) electrons. The van der Waals surface area contributed by atoms with Crippen molar-refractivity contribution < 1.29 is 18.4 Å². The molecule has 7 heteroatoms. The van der Waals surface area contributed by atoms with Crippen molar-refractivity contribution in [2.75, 3.05) is 19.1 Å². The number of amides is 2. The lowest BCUT2D eigenvalue weighted by Crippen LogP contribution is -2.46. The minimum atomic E-state index is -0.668. The average Bonchev–Trinajstić information content (AvgIpc) is 2.97. The van der Waals surface area contributed by atoms with Gasteiger partial charge >= 0.3 is 0 Å². The standard InChI is InChI=1S/C15H17FN2O3S/c1-17-15(20)12(4-6-22-2)18-14(19)11-8-10(16)7-9-3-5-21-13(9)11/h3,5,7-8,12H,4,6H2,1-2H3,(H,17,20)(H,18,19)/t12-/m0/s1. The van der Waals surface area contributed by atoms with E-state index in [4.69, 9.17) is 4.42 Å². The van der Waals surface area contributed by atoms with Gasteiger partial charge in [0.25, 0.3) is 5.91 Å². The second-order valence-corrected chi connectivity index (χ2v) is 5.70. The molecule has 0 aliphatic heterocycles. The number of nitrogens with one attached hydrogen (secondary N) is 2. The molecule has 1 heterocycles. The van der Waals surface area contributed by atoms with Crippen LogP contribution in [0.3, 0.4) is 0 Å². The van der Waals surface area contributed by atoms with Crippen LogP contribution in [0.5, 0.6) is 0 Å². The Hall–Kier alpha value is -2.02. The van der Waals surface area contributed by atoms with Crippen LogP contribution < -0.4 is 10.6 Å². The highest BCUT2D eigenvalue weighted by atomic mass is 32.2. The zero-order chi connectivity index (χ0) is 16.1.